The van der Waals surface area contributed by atoms with Crippen LogP contribution in [0.25, 0.3) is 0 Å². The minimum absolute atomic E-state index is 0.00960. The maximum Gasteiger partial charge on any atom is 0.234 e. The van der Waals surface area contributed by atoms with E-state index in [1.54, 1.807) is 0 Å². The first-order valence-corrected chi connectivity index (χ1v) is 5.56. The molecule has 0 aromatic carbocycles. The highest BCUT2D eigenvalue weighted by Crippen LogP contribution is 2.06. The van der Waals surface area contributed by atoms with Crippen LogP contribution in [-0.2, 0) is 4.79 Å². The van der Waals surface area contributed by atoms with Gasteiger partial charge in [0, 0.05) is 18.2 Å². The van der Waals surface area contributed by atoms with Crippen molar-refractivity contribution in [2.24, 2.45) is 0 Å². The summed E-state index contributed by atoms with van der Waals surface area (Å²) in [6, 6.07) is 0.222. The molecule has 0 heterocycles. The Balaban J connectivity index is 3.79. The number of aliphatic hydroxyl groups is 1. The Labute approximate surface area is 92.4 Å². The van der Waals surface area contributed by atoms with Gasteiger partial charge in [-0.25, -0.2) is 0 Å². The van der Waals surface area contributed by atoms with Gasteiger partial charge in [0.05, 0.1) is 6.54 Å². The van der Waals surface area contributed by atoms with E-state index in [0.717, 1.165) is 6.42 Å². The van der Waals surface area contributed by atoms with Crippen molar-refractivity contribution in [3.8, 4) is 0 Å². The molecule has 0 fully saturated rings. The molecule has 0 aliphatic carbocycles. The maximum absolute atomic E-state index is 11.4. The van der Waals surface area contributed by atoms with E-state index in [2.05, 4.69) is 10.6 Å². The van der Waals surface area contributed by atoms with Crippen LogP contribution in [0.3, 0.4) is 0 Å². The molecule has 3 N–H and O–H groups in total. The topological polar surface area (TPSA) is 61.4 Å². The quantitative estimate of drug-likeness (QED) is 0.585. The van der Waals surface area contributed by atoms with Crippen LogP contribution in [0.2, 0.25) is 0 Å². The lowest BCUT2D eigenvalue weighted by atomic mass is 10.0. The van der Waals surface area contributed by atoms with E-state index >= 15 is 0 Å². The van der Waals surface area contributed by atoms with Gasteiger partial charge in [0.2, 0.25) is 5.91 Å². The van der Waals surface area contributed by atoms with Crippen molar-refractivity contribution in [3.63, 3.8) is 0 Å². The lowest BCUT2D eigenvalue weighted by molar-refractivity contribution is -0.121. The lowest BCUT2D eigenvalue weighted by Crippen LogP contribution is -2.47. The molecule has 1 unspecified atom stereocenters. The fourth-order valence-electron chi connectivity index (χ4n) is 1.12. The first-order chi connectivity index (χ1) is 6.91. The van der Waals surface area contributed by atoms with E-state index in [1.807, 2.05) is 27.7 Å². The zero-order chi connectivity index (χ0) is 11.9. The van der Waals surface area contributed by atoms with Crippen LogP contribution in [0.15, 0.2) is 0 Å². The minimum atomic E-state index is -0.193. The second-order valence-electron chi connectivity index (χ2n) is 4.59. The summed E-state index contributed by atoms with van der Waals surface area (Å²) < 4.78 is 0. The number of nitrogens with one attached hydrogen (secondary N) is 2. The number of carbonyl (C=O) groups excluding carboxylic acids is 1. The molecule has 0 aromatic rings. The maximum atomic E-state index is 11.4. The number of aliphatic hydroxyl groups excluding tert-OH is 1. The van der Waals surface area contributed by atoms with Gasteiger partial charge in [-0.05, 0) is 33.6 Å². The van der Waals surface area contributed by atoms with Crippen molar-refractivity contribution < 1.29 is 9.90 Å². The van der Waals surface area contributed by atoms with E-state index in [4.69, 9.17) is 5.11 Å². The normalized spacial score (nSPS) is 13.7. The molecule has 0 saturated heterocycles. The summed E-state index contributed by atoms with van der Waals surface area (Å²) in [5.74, 6) is 0.00960. The van der Waals surface area contributed by atoms with Crippen molar-refractivity contribution in [2.75, 3.05) is 13.2 Å². The van der Waals surface area contributed by atoms with Gasteiger partial charge in [-0.2, -0.15) is 0 Å². The molecule has 0 saturated carbocycles. The smallest absolute Gasteiger partial charge is 0.234 e. The summed E-state index contributed by atoms with van der Waals surface area (Å²) in [6.07, 6.45) is 1.58. The molecule has 1 amide bonds. The molecule has 0 bridgehead atoms. The van der Waals surface area contributed by atoms with Gasteiger partial charge in [-0.3, -0.25) is 4.79 Å². The zero-order valence-electron chi connectivity index (χ0n) is 10.3. The standard InChI is InChI=1S/C11H24N2O2/c1-5-9(2)13-10(15)8-12-11(3,4)6-7-14/h9,12,14H,5-8H2,1-4H3,(H,13,15). The van der Waals surface area contributed by atoms with Crippen molar-refractivity contribution in [1.82, 2.24) is 10.6 Å². The first kappa shape index (κ1) is 14.4. The van der Waals surface area contributed by atoms with Crippen LogP contribution in [0.5, 0.6) is 0 Å². The largest absolute Gasteiger partial charge is 0.396 e. The molecule has 0 aliphatic heterocycles. The van der Waals surface area contributed by atoms with Gasteiger partial charge in [-0.15, -0.1) is 0 Å². The van der Waals surface area contributed by atoms with Gasteiger partial charge in [0.15, 0.2) is 0 Å². The molecular weight excluding hydrogens is 192 g/mol. The van der Waals surface area contributed by atoms with Gasteiger partial charge >= 0.3 is 0 Å². The minimum Gasteiger partial charge on any atom is -0.396 e. The van der Waals surface area contributed by atoms with Gasteiger partial charge in [0.1, 0.15) is 0 Å². The van der Waals surface area contributed by atoms with Crippen molar-refractivity contribution in [2.45, 2.75) is 52.1 Å². The summed E-state index contributed by atoms with van der Waals surface area (Å²) in [4.78, 5) is 11.4. The van der Waals surface area contributed by atoms with Crippen molar-refractivity contribution in [3.05, 3.63) is 0 Å². The van der Waals surface area contributed by atoms with Crippen LogP contribution in [-0.4, -0.2) is 35.7 Å². The van der Waals surface area contributed by atoms with Gasteiger partial charge in [0.25, 0.3) is 0 Å². The first-order valence-electron chi connectivity index (χ1n) is 5.56. The summed E-state index contributed by atoms with van der Waals surface area (Å²) in [5.41, 5.74) is -0.193. The van der Waals surface area contributed by atoms with Crippen LogP contribution in [0.4, 0.5) is 0 Å². The SMILES string of the molecule is CCC(C)NC(=O)CNC(C)(C)CCO. The molecule has 0 aromatic heterocycles. The van der Waals surface area contributed by atoms with Crippen LogP contribution >= 0.6 is 0 Å². The molecule has 1 atom stereocenters. The summed E-state index contributed by atoms with van der Waals surface area (Å²) >= 11 is 0. The third kappa shape index (κ3) is 7.33. The van der Waals surface area contributed by atoms with E-state index in [0.29, 0.717) is 13.0 Å². The number of rotatable bonds is 7. The predicted octanol–water partition coefficient (Wildman–Crippen LogP) is 0.652. The Bertz CT molecular complexity index is 193. The zero-order valence-corrected chi connectivity index (χ0v) is 10.3. The summed E-state index contributed by atoms with van der Waals surface area (Å²) in [7, 11) is 0. The molecule has 0 spiro atoms. The summed E-state index contributed by atoms with van der Waals surface area (Å²) in [6.45, 7) is 8.40. The van der Waals surface area contributed by atoms with E-state index in [-0.39, 0.29) is 24.1 Å². The van der Waals surface area contributed by atoms with Crippen molar-refractivity contribution >= 4 is 5.91 Å². The second kappa shape index (κ2) is 6.80. The van der Waals surface area contributed by atoms with E-state index in [9.17, 15) is 4.79 Å². The monoisotopic (exact) mass is 216 g/mol. The Morgan fingerprint density at radius 1 is 1.47 bits per heavy atom. The molecule has 0 radical (unpaired) electrons. The Kier molecular flexibility index (Phi) is 6.52. The molecule has 0 rings (SSSR count). The third-order valence-corrected chi connectivity index (χ3v) is 2.48. The molecule has 90 valence electrons. The Morgan fingerprint density at radius 2 is 2.07 bits per heavy atom. The van der Waals surface area contributed by atoms with Crippen LogP contribution in [0.1, 0.15) is 40.5 Å². The van der Waals surface area contributed by atoms with Crippen LogP contribution < -0.4 is 10.6 Å². The highest BCUT2D eigenvalue weighted by Gasteiger charge is 2.17. The van der Waals surface area contributed by atoms with E-state index < -0.39 is 0 Å². The fraction of sp³-hybridized carbons (Fsp3) is 0.909. The average Bonchev–Trinajstić information content (AvgIpc) is 2.15. The Morgan fingerprint density at radius 3 is 2.53 bits per heavy atom. The van der Waals surface area contributed by atoms with Gasteiger partial charge in [-0.1, -0.05) is 6.92 Å². The average molecular weight is 216 g/mol. The third-order valence-electron chi connectivity index (χ3n) is 2.48. The fourth-order valence-corrected chi connectivity index (χ4v) is 1.12. The van der Waals surface area contributed by atoms with Crippen molar-refractivity contribution in [1.29, 1.82) is 0 Å². The predicted molar refractivity (Wildman–Crippen MR) is 61.7 cm³/mol. The molecule has 0 aliphatic rings. The Hall–Kier alpha value is -0.610. The lowest BCUT2D eigenvalue weighted by Gasteiger charge is -2.25. The highest BCUT2D eigenvalue weighted by molar-refractivity contribution is 5.78. The van der Waals surface area contributed by atoms with E-state index in [1.165, 1.54) is 0 Å². The number of carbonyl (C=O) groups is 1. The summed E-state index contributed by atoms with van der Waals surface area (Å²) in [5, 5.41) is 14.8. The molecule has 4 heteroatoms. The van der Waals surface area contributed by atoms with Crippen LogP contribution in [0, 0.1) is 0 Å². The second-order valence-corrected chi connectivity index (χ2v) is 4.59. The van der Waals surface area contributed by atoms with Gasteiger partial charge < -0.3 is 15.7 Å². The highest BCUT2D eigenvalue weighted by atomic mass is 16.3. The number of amides is 1. The molecular formula is C11H24N2O2. The number of hydrogen-bond donors (Lipinski definition) is 3. The molecule has 4 nitrogen and oxygen atoms in total. The molecule has 15 heavy (non-hydrogen) atoms. The number of hydrogen-bond acceptors (Lipinski definition) is 3.